The maximum atomic E-state index is 12.6. The number of carbonyl (C=O) groups excluding carboxylic acids is 2. The lowest BCUT2D eigenvalue weighted by Crippen LogP contribution is -2.26. The highest BCUT2D eigenvalue weighted by atomic mass is 79.9. The van der Waals surface area contributed by atoms with Crippen LogP contribution < -0.4 is 15.5 Å². The smallest absolute Gasteiger partial charge is 0.343 e. The first-order valence-electron chi connectivity index (χ1n) is 9.81. The van der Waals surface area contributed by atoms with Gasteiger partial charge in [0.1, 0.15) is 0 Å². The van der Waals surface area contributed by atoms with Crippen molar-refractivity contribution in [3.05, 3.63) is 96.4 Å². The summed E-state index contributed by atoms with van der Waals surface area (Å²) in [4.78, 5) is 35.4. The summed E-state index contributed by atoms with van der Waals surface area (Å²) in [6.45, 7) is 1.88. The van der Waals surface area contributed by atoms with Crippen molar-refractivity contribution in [2.75, 3.05) is 11.9 Å². The number of amides is 1. The Morgan fingerprint density at radius 2 is 1.82 bits per heavy atom. The van der Waals surface area contributed by atoms with E-state index >= 15 is 0 Å². The van der Waals surface area contributed by atoms with Crippen molar-refractivity contribution in [2.24, 2.45) is 5.10 Å². The van der Waals surface area contributed by atoms with Crippen LogP contribution in [0.3, 0.4) is 0 Å². The van der Waals surface area contributed by atoms with Gasteiger partial charge in [-0.2, -0.15) is 5.10 Å². The predicted molar refractivity (Wildman–Crippen MR) is 135 cm³/mol. The van der Waals surface area contributed by atoms with Crippen LogP contribution in [0, 0.1) is 17.0 Å². The number of nitro benzene ring substituents is 1. The molecule has 0 radical (unpaired) electrons. The number of hydrogen-bond acceptors (Lipinski definition) is 7. The van der Waals surface area contributed by atoms with Crippen LogP contribution in [-0.2, 0) is 4.79 Å². The molecular weight excluding hydrogens is 572 g/mol. The van der Waals surface area contributed by atoms with Crippen LogP contribution in [0.5, 0.6) is 5.75 Å². The molecule has 2 N–H and O–H groups in total. The van der Waals surface area contributed by atoms with Crippen molar-refractivity contribution in [1.82, 2.24) is 5.43 Å². The van der Waals surface area contributed by atoms with Gasteiger partial charge in [0, 0.05) is 27.9 Å². The van der Waals surface area contributed by atoms with Crippen LogP contribution >= 0.6 is 31.9 Å². The Morgan fingerprint density at radius 1 is 1.12 bits per heavy atom. The van der Waals surface area contributed by atoms with Crippen molar-refractivity contribution < 1.29 is 19.2 Å². The van der Waals surface area contributed by atoms with E-state index in [0.29, 0.717) is 0 Å². The number of non-ortho nitro benzene ring substituents is 1. The lowest BCUT2D eigenvalue weighted by molar-refractivity contribution is -0.385. The Bertz CT molecular complexity index is 1260. The number of benzene rings is 3. The monoisotopic (exact) mass is 588 g/mol. The number of para-hydroxylation sites is 1. The maximum absolute atomic E-state index is 12.6. The van der Waals surface area contributed by atoms with Crippen molar-refractivity contribution in [2.45, 2.75) is 6.92 Å². The van der Waals surface area contributed by atoms with Crippen molar-refractivity contribution in [3.63, 3.8) is 0 Å². The number of ether oxygens (including phenoxy) is 1. The van der Waals surface area contributed by atoms with Gasteiger partial charge in [-0.3, -0.25) is 14.9 Å². The van der Waals surface area contributed by atoms with Gasteiger partial charge in [0.15, 0.2) is 5.75 Å². The third kappa shape index (κ3) is 6.72. The van der Waals surface area contributed by atoms with Gasteiger partial charge in [-0.25, -0.2) is 10.2 Å². The highest BCUT2D eigenvalue weighted by Gasteiger charge is 2.19. The van der Waals surface area contributed by atoms with Gasteiger partial charge < -0.3 is 10.1 Å². The molecule has 9 nitrogen and oxygen atoms in total. The summed E-state index contributed by atoms with van der Waals surface area (Å²) < 4.78 is 6.45. The van der Waals surface area contributed by atoms with E-state index in [1.54, 1.807) is 24.3 Å². The molecule has 0 aliphatic carbocycles. The van der Waals surface area contributed by atoms with Crippen LogP contribution in [0.2, 0.25) is 0 Å². The number of aryl methyl sites for hydroxylation is 1. The minimum atomic E-state index is -0.664. The highest BCUT2D eigenvalue weighted by molar-refractivity contribution is 9.10. The van der Waals surface area contributed by atoms with Crippen LogP contribution in [0.25, 0.3) is 0 Å². The number of rotatable bonds is 8. The summed E-state index contributed by atoms with van der Waals surface area (Å²) in [5, 5.41) is 18.1. The molecule has 0 saturated carbocycles. The van der Waals surface area contributed by atoms with E-state index in [1.165, 1.54) is 18.3 Å². The molecule has 3 aromatic rings. The van der Waals surface area contributed by atoms with Gasteiger partial charge in [0.25, 0.3) is 11.6 Å². The number of halogens is 2. The molecule has 0 aliphatic rings. The number of anilines is 1. The Balaban J connectivity index is 1.75. The molecule has 0 aliphatic heterocycles. The molecule has 0 bridgehead atoms. The molecule has 0 fully saturated rings. The van der Waals surface area contributed by atoms with Gasteiger partial charge in [0.05, 0.1) is 27.7 Å². The van der Waals surface area contributed by atoms with E-state index in [1.807, 2.05) is 31.2 Å². The van der Waals surface area contributed by atoms with Gasteiger partial charge in [-0.15, -0.1) is 0 Å². The Labute approximate surface area is 211 Å². The molecule has 1 amide bonds. The fourth-order valence-electron chi connectivity index (χ4n) is 2.81. The fraction of sp³-hybridized carbons (Fsp3) is 0.0870. The lowest BCUT2D eigenvalue weighted by Gasteiger charge is -2.10. The first-order chi connectivity index (χ1) is 16.2. The maximum Gasteiger partial charge on any atom is 0.343 e. The quantitative estimate of drug-likeness (QED) is 0.122. The molecule has 34 heavy (non-hydrogen) atoms. The summed E-state index contributed by atoms with van der Waals surface area (Å²) in [5.41, 5.74) is 4.30. The lowest BCUT2D eigenvalue weighted by atomic mass is 10.2. The topological polar surface area (TPSA) is 123 Å². The standard InChI is InChI=1S/C23H18Br2N4O5/c1-14-4-2-3-5-20(14)26-13-21(30)28-27-12-16-10-18(29(32)33)11-19(25)22(16)34-23(31)15-6-8-17(24)9-7-15/h2-12,26H,13H2,1H3,(H,28,30)/b27-12-. The second kappa shape index (κ2) is 11.5. The van der Waals surface area contributed by atoms with Gasteiger partial charge >= 0.3 is 5.97 Å². The number of carbonyl (C=O) groups is 2. The third-order valence-electron chi connectivity index (χ3n) is 4.52. The molecule has 174 valence electrons. The van der Waals surface area contributed by atoms with E-state index in [4.69, 9.17) is 4.74 Å². The molecule has 0 spiro atoms. The highest BCUT2D eigenvalue weighted by Crippen LogP contribution is 2.33. The van der Waals surface area contributed by atoms with Crippen LogP contribution in [0.1, 0.15) is 21.5 Å². The molecule has 0 aromatic heterocycles. The van der Waals surface area contributed by atoms with Crippen LogP contribution in [0.4, 0.5) is 11.4 Å². The second-order valence-electron chi connectivity index (χ2n) is 6.96. The average molecular weight is 590 g/mol. The summed E-state index contributed by atoms with van der Waals surface area (Å²) in [5.74, 6) is -1.07. The number of hydrogen-bond donors (Lipinski definition) is 2. The number of esters is 1. The van der Waals surface area contributed by atoms with Crippen molar-refractivity contribution in [3.8, 4) is 5.75 Å². The number of nitrogens with zero attached hydrogens (tertiary/aromatic N) is 2. The first-order valence-corrected chi connectivity index (χ1v) is 11.4. The SMILES string of the molecule is Cc1ccccc1NCC(=O)N/N=C\c1cc([N+](=O)[O-])cc(Br)c1OC(=O)c1ccc(Br)cc1. The van der Waals surface area contributed by atoms with Crippen molar-refractivity contribution >= 4 is 61.3 Å². The molecular formula is C23H18Br2N4O5. The van der Waals surface area contributed by atoms with Crippen LogP contribution in [-0.4, -0.2) is 29.6 Å². The first kappa shape index (κ1) is 25.1. The normalized spacial score (nSPS) is 10.7. The minimum Gasteiger partial charge on any atom is -0.421 e. The molecule has 0 heterocycles. The summed E-state index contributed by atoms with van der Waals surface area (Å²) >= 11 is 6.50. The van der Waals surface area contributed by atoms with E-state index in [0.717, 1.165) is 15.7 Å². The minimum absolute atomic E-state index is 0.0227. The zero-order valence-electron chi connectivity index (χ0n) is 17.7. The predicted octanol–water partition coefficient (Wildman–Crippen LogP) is 5.21. The van der Waals surface area contributed by atoms with Gasteiger partial charge in [-0.05, 0) is 58.7 Å². The van der Waals surface area contributed by atoms with E-state index in [-0.39, 0.29) is 33.6 Å². The molecule has 11 heteroatoms. The molecule has 0 unspecified atom stereocenters. The number of nitro groups is 1. The zero-order valence-corrected chi connectivity index (χ0v) is 20.9. The van der Waals surface area contributed by atoms with E-state index < -0.39 is 16.8 Å². The fourth-order valence-corrected chi connectivity index (χ4v) is 3.62. The number of hydrazone groups is 1. The summed E-state index contributed by atoms with van der Waals surface area (Å²) in [6.07, 6.45) is 1.17. The summed E-state index contributed by atoms with van der Waals surface area (Å²) in [7, 11) is 0. The van der Waals surface area contributed by atoms with Crippen molar-refractivity contribution in [1.29, 1.82) is 0 Å². The number of nitrogens with one attached hydrogen (secondary N) is 2. The largest absolute Gasteiger partial charge is 0.421 e. The van der Waals surface area contributed by atoms with Gasteiger partial charge in [-0.1, -0.05) is 34.1 Å². The van der Waals surface area contributed by atoms with E-state index in [9.17, 15) is 19.7 Å². The molecule has 3 rings (SSSR count). The summed E-state index contributed by atoms with van der Waals surface area (Å²) in [6, 6.07) is 16.4. The van der Waals surface area contributed by atoms with E-state index in [2.05, 4.69) is 47.7 Å². The Hall–Kier alpha value is -3.57. The molecule has 0 atom stereocenters. The molecule has 0 saturated heterocycles. The Morgan fingerprint density at radius 3 is 2.50 bits per heavy atom. The third-order valence-corrected chi connectivity index (χ3v) is 5.64. The zero-order chi connectivity index (χ0) is 24.7. The second-order valence-corrected chi connectivity index (χ2v) is 8.73. The molecule has 3 aromatic carbocycles. The Kier molecular flexibility index (Phi) is 8.50. The average Bonchev–Trinajstić information content (AvgIpc) is 2.80. The van der Waals surface area contributed by atoms with Crippen LogP contribution in [0.15, 0.2) is 74.7 Å². The van der Waals surface area contributed by atoms with Gasteiger partial charge in [0.2, 0.25) is 0 Å².